The van der Waals surface area contributed by atoms with Gasteiger partial charge in [0.05, 0.1) is 0 Å². The lowest BCUT2D eigenvalue weighted by Crippen LogP contribution is -2.62. The highest BCUT2D eigenvalue weighted by molar-refractivity contribution is 4.96. The van der Waals surface area contributed by atoms with Crippen LogP contribution in [0.5, 0.6) is 0 Å². The summed E-state index contributed by atoms with van der Waals surface area (Å²) in [4.78, 5) is 14.3. The molecule has 0 saturated carbocycles. The van der Waals surface area contributed by atoms with Gasteiger partial charge < -0.3 is 9.88 Å². The van der Waals surface area contributed by atoms with E-state index < -0.39 is 0 Å². The van der Waals surface area contributed by atoms with Gasteiger partial charge in [-0.15, -0.1) is 0 Å². The van der Waals surface area contributed by atoms with Crippen molar-refractivity contribution < 1.29 is 0 Å². The normalized spacial score (nSPS) is 27.6. The van der Waals surface area contributed by atoms with E-state index in [0.717, 1.165) is 39.0 Å². The number of aromatic nitrogens is 1. The largest absolute Gasteiger partial charge is 0.314 e. The van der Waals surface area contributed by atoms with E-state index >= 15 is 0 Å². The fraction of sp³-hybridized carbons (Fsp3) is 0.688. The Labute approximate surface area is 121 Å². The third-order valence-electron chi connectivity index (χ3n) is 4.61. The highest BCUT2D eigenvalue weighted by Gasteiger charge is 2.33. The lowest BCUT2D eigenvalue weighted by Gasteiger charge is -2.46. The number of hydrogen-bond acceptors (Lipinski definition) is 3. The molecule has 4 nitrogen and oxygen atoms in total. The van der Waals surface area contributed by atoms with Gasteiger partial charge in [0.1, 0.15) is 0 Å². The highest BCUT2D eigenvalue weighted by Crippen LogP contribution is 2.20. The monoisotopic (exact) mass is 277 g/mol. The van der Waals surface area contributed by atoms with Crippen LogP contribution < -0.4 is 10.9 Å². The van der Waals surface area contributed by atoms with E-state index in [0.29, 0.717) is 6.04 Å². The Bertz CT molecular complexity index is 485. The van der Waals surface area contributed by atoms with E-state index in [1.54, 1.807) is 16.7 Å². The molecular formula is C16H27N3O. The van der Waals surface area contributed by atoms with Crippen molar-refractivity contribution in [1.82, 2.24) is 14.8 Å². The molecule has 1 aromatic heterocycles. The summed E-state index contributed by atoms with van der Waals surface area (Å²) in [6.45, 7) is 10.6. The van der Waals surface area contributed by atoms with Crippen molar-refractivity contribution in [2.75, 3.05) is 19.6 Å². The van der Waals surface area contributed by atoms with Gasteiger partial charge in [-0.25, -0.2) is 0 Å². The molecule has 4 heteroatoms. The minimum absolute atomic E-state index is 0.0916. The summed E-state index contributed by atoms with van der Waals surface area (Å²) in [5.74, 6) is 0. The Hall–Kier alpha value is -1.13. The Morgan fingerprint density at radius 2 is 2.15 bits per heavy atom. The molecule has 2 unspecified atom stereocenters. The molecular weight excluding hydrogens is 250 g/mol. The van der Waals surface area contributed by atoms with Crippen LogP contribution >= 0.6 is 0 Å². The van der Waals surface area contributed by atoms with E-state index in [4.69, 9.17) is 0 Å². The molecule has 1 saturated heterocycles. The standard InChI is InChI=1S/C16H27N3O/c1-4-14-12-17-16(3,5-2)13-19(14)11-10-18-9-7-6-8-15(18)20/h6-9,14,17H,4-5,10-13H2,1-3H3. The molecule has 0 amide bonds. The van der Waals surface area contributed by atoms with Crippen LogP contribution in [0.25, 0.3) is 0 Å². The van der Waals surface area contributed by atoms with Gasteiger partial charge >= 0.3 is 0 Å². The Morgan fingerprint density at radius 1 is 1.35 bits per heavy atom. The van der Waals surface area contributed by atoms with Crippen molar-refractivity contribution >= 4 is 0 Å². The van der Waals surface area contributed by atoms with Crippen LogP contribution in [0.4, 0.5) is 0 Å². The molecule has 1 aliphatic heterocycles. The quantitative estimate of drug-likeness (QED) is 0.890. The molecule has 1 aromatic rings. The highest BCUT2D eigenvalue weighted by atomic mass is 16.1. The minimum Gasteiger partial charge on any atom is -0.314 e. The Balaban J connectivity index is 2.02. The summed E-state index contributed by atoms with van der Waals surface area (Å²) in [7, 11) is 0. The van der Waals surface area contributed by atoms with Crippen LogP contribution in [0.2, 0.25) is 0 Å². The van der Waals surface area contributed by atoms with Gasteiger partial charge in [0.25, 0.3) is 5.56 Å². The molecule has 20 heavy (non-hydrogen) atoms. The predicted molar refractivity (Wildman–Crippen MR) is 83.1 cm³/mol. The Morgan fingerprint density at radius 3 is 2.80 bits per heavy atom. The van der Waals surface area contributed by atoms with Gasteiger partial charge in [-0.3, -0.25) is 9.69 Å². The molecule has 2 heterocycles. The minimum atomic E-state index is 0.0916. The van der Waals surface area contributed by atoms with Crippen molar-refractivity contribution in [3.05, 3.63) is 34.7 Å². The fourth-order valence-electron chi connectivity index (χ4n) is 2.91. The SMILES string of the molecule is CCC1CNC(C)(CC)CN1CCn1ccccc1=O. The van der Waals surface area contributed by atoms with E-state index in [-0.39, 0.29) is 11.1 Å². The predicted octanol–water partition coefficient (Wildman–Crippen LogP) is 1.70. The third kappa shape index (κ3) is 3.49. The molecule has 1 aliphatic rings. The van der Waals surface area contributed by atoms with Crippen molar-refractivity contribution in [3.8, 4) is 0 Å². The van der Waals surface area contributed by atoms with Gasteiger partial charge in [-0.2, -0.15) is 0 Å². The summed E-state index contributed by atoms with van der Waals surface area (Å²) >= 11 is 0. The molecule has 0 spiro atoms. The molecule has 2 atom stereocenters. The first-order valence-electron chi connectivity index (χ1n) is 7.72. The molecule has 0 aliphatic carbocycles. The maximum Gasteiger partial charge on any atom is 0.250 e. The van der Waals surface area contributed by atoms with Crippen LogP contribution in [-0.4, -0.2) is 40.7 Å². The van der Waals surface area contributed by atoms with Gasteiger partial charge in [-0.05, 0) is 25.8 Å². The van der Waals surface area contributed by atoms with Crippen LogP contribution in [0.1, 0.15) is 33.6 Å². The number of nitrogens with one attached hydrogen (secondary N) is 1. The molecule has 0 bridgehead atoms. The van der Waals surface area contributed by atoms with E-state index in [1.807, 2.05) is 12.3 Å². The maximum atomic E-state index is 11.8. The summed E-state index contributed by atoms with van der Waals surface area (Å²) in [5, 5.41) is 3.68. The van der Waals surface area contributed by atoms with Crippen LogP contribution in [-0.2, 0) is 6.54 Å². The number of rotatable bonds is 5. The topological polar surface area (TPSA) is 37.3 Å². The van der Waals surface area contributed by atoms with Gasteiger partial charge in [0.2, 0.25) is 0 Å². The zero-order valence-electron chi connectivity index (χ0n) is 12.9. The molecule has 112 valence electrons. The van der Waals surface area contributed by atoms with E-state index in [9.17, 15) is 4.79 Å². The average Bonchev–Trinajstić information content (AvgIpc) is 2.47. The molecule has 0 radical (unpaired) electrons. The average molecular weight is 277 g/mol. The summed E-state index contributed by atoms with van der Waals surface area (Å²) < 4.78 is 1.80. The first-order chi connectivity index (χ1) is 9.58. The number of hydrogen-bond donors (Lipinski definition) is 1. The molecule has 2 rings (SSSR count). The first-order valence-corrected chi connectivity index (χ1v) is 7.72. The van der Waals surface area contributed by atoms with Gasteiger partial charge in [0, 0.05) is 50.0 Å². The second-order valence-corrected chi connectivity index (χ2v) is 6.06. The lowest BCUT2D eigenvalue weighted by atomic mass is 9.93. The van der Waals surface area contributed by atoms with E-state index in [1.165, 1.54) is 0 Å². The number of pyridine rings is 1. The second-order valence-electron chi connectivity index (χ2n) is 6.06. The van der Waals surface area contributed by atoms with Gasteiger partial charge in [-0.1, -0.05) is 19.9 Å². The van der Waals surface area contributed by atoms with Crippen molar-refractivity contribution in [3.63, 3.8) is 0 Å². The zero-order valence-corrected chi connectivity index (χ0v) is 12.9. The third-order valence-corrected chi connectivity index (χ3v) is 4.61. The van der Waals surface area contributed by atoms with Crippen molar-refractivity contribution in [2.45, 2.75) is 51.7 Å². The smallest absolute Gasteiger partial charge is 0.250 e. The van der Waals surface area contributed by atoms with Crippen molar-refractivity contribution in [2.24, 2.45) is 0 Å². The number of nitrogens with zero attached hydrogens (tertiary/aromatic N) is 2. The van der Waals surface area contributed by atoms with Crippen LogP contribution in [0.3, 0.4) is 0 Å². The first kappa shape index (κ1) is 15.3. The second kappa shape index (κ2) is 6.55. The summed E-state index contributed by atoms with van der Waals surface area (Å²) in [6, 6.07) is 5.93. The lowest BCUT2D eigenvalue weighted by molar-refractivity contribution is 0.0786. The summed E-state index contributed by atoms with van der Waals surface area (Å²) in [5.41, 5.74) is 0.293. The van der Waals surface area contributed by atoms with Crippen molar-refractivity contribution in [1.29, 1.82) is 0 Å². The van der Waals surface area contributed by atoms with Crippen LogP contribution in [0.15, 0.2) is 29.2 Å². The van der Waals surface area contributed by atoms with E-state index in [2.05, 4.69) is 31.0 Å². The van der Waals surface area contributed by atoms with Gasteiger partial charge in [0.15, 0.2) is 0 Å². The molecule has 0 aromatic carbocycles. The Kier molecular flexibility index (Phi) is 5.00. The maximum absolute atomic E-state index is 11.8. The zero-order chi connectivity index (χ0) is 14.6. The molecule has 1 N–H and O–H groups in total. The number of piperazine rings is 1. The fourth-order valence-corrected chi connectivity index (χ4v) is 2.91. The summed E-state index contributed by atoms with van der Waals surface area (Å²) in [6.07, 6.45) is 4.16. The van der Waals surface area contributed by atoms with Crippen LogP contribution in [0, 0.1) is 0 Å². The molecule has 1 fully saturated rings.